The van der Waals surface area contributed by atoms with Crippen molar-refractivity contribution in [1.82, 2.24) is 9.78 Å². The highest BCUT2D eigenvalue weighted by atomic mass is 79.9. The molecule has 0 radical (unpaired) electrons. The van der Waals surface area contributed by atoms with Gasteiger partial charge in [-0.25, -0.2) is 4.68 Å². The number of H-pyrrole nitrogens is 1. The molecule has 90 valence electrons. The van der Waals surface area contributed by atoms with Crippen molar-refractivity contribution in [2.45, 2.75) is 19.9 Å². The van der Waals surface area contributed by atoms with E-state index < -0.39 is 0 Å². The second kappa shape index (κ2) is 5.10. The van der Waals surface area contributed by atoms with Gasteiger partial charge in [0.15, 0.2) is 0 Å². The smallest absolute Gasteiger partial charge is 0.281 e. The van der Waals surface area contributed by atoms with Crippen molar-refractivity contribution in [3.8, 4) is 0 Å². The molecular weight excluding hydrogens is 304 g/mol. The Morgan fingerprint density at radius 1 is 1.41 bits per heavy atom. The SMILES string of the molecule is CCc1[nH]n(Cc2ccccc2Cl)c(=O)c1Br. The third-order valence-electron chi connectivity index (χ3n) is 2.61. The molecule has 2 rings (SSSR count). The number of nitrogens with zero attached hydrogens (tertiary/aromatic N) is 1. The summed E-state index contributed by atoms with van der Waals surface area (Å²) in [5, 5.41) is 3.74. The molecule has 0 saturated carbocycles. The number of hydrogen-bond acceptors (Lipinski definition) is 1. The summed E-state index contributed by atoms with van der Waals surface area (Å²) < 4.78 is 2.16. The number of aromatic amines is 1. The van der Waals surface area contributed by atoms with E-state index in [0.29, 0.717) is 16.0 Å². The van der Waals surface area contributed by atoms with Crippen LogP contribution in [0.5, 0.6) is 0 Å². The monoisotopic (exact) mass is 314 g/mol. The molecule has 0 aliphatic rings. The molecule has 5 heteroatoms. The van der Waals surface area contributed by atoms with Crippen molar-refractivity contribution in [3.63, 3.8) is 0 Å². The average molecular weight is 316 g/mol. The van der Waals surface area contributed by atoms with Crippen LogP contribution >= 0.6 is 27.5 Å². The highest BCUT2D eigenvalue weighted by Crippen LogP contribution is 2.16. The lowest BCUT2D eigenvalue weighted by molar-refractivity contribution is 0.653. The molecule has 0 aliphatic heterocycles. The molecule has 17 heavy (non-hydrogen) atoms. The first-order valence-corrected chi connectivity index (χ1v) is 6.51. The number of aromatic nitrogens is 2. The predicted octanol–water partition coefficient (Wildman–Crippen LogP) is 3.20. The first-order valence-electron chi connectivity index (χ1n) is 5.34. The average Bonchev–Trinajstić information content (AvgIpc) is 2.60. The third-order valence-corrected chi connectivity index (χ3v) is 3.79. The zero-order valence-electron chi connectivity index (χ0n) is 9.34. The highest BCUT2D eigenvalue weighted by Gasteiger charge is 2.10. The lowest BCUT2D eigenvalue weighted by Gasteiger charge is -2.04. The van der Waals surface area contributed by atoms with Crippen LogP contribution in [0, 0.1) is 0 Å². The molecule has 0 saturated heterocycles. The van der Waals surface area contributed by atoms with Crippen LogP contribution in [-0.2, 0) is 13.0 Å². The summed E-state index contributed by atoms with van der Waals surface area (Å²) in [6.45, 7) is 2.45. The van der Waals surface area contributed by atoms with Crippen LogP contribution in [0.2, 0.25) is 5.02 Å². The topological polar surface area (TPSA) is 37.8 Å². The molecule has 0 amide bonds. The molecule has 1 heterocycles. The molecule has 0 bridgehead atoms. The van der Waals surface area contributed by atoms with Gasteiger partial charge in [-0.3, -0.25) is 9.89 Å². The van der Waals surface area contributed by atoms with Crippen LogP contribution in [0.15, 0.2) is 33.5 Å². The predicted molar refractivity (Wildman–Crippen MR) is 72.7 cm³/mol. The number of nitrogens with one attached hydrogen (secondary N) is 1. The molecule has 0 aliphatic carbocycles. The van der Waals surface area contributed by atoms with Crippen molar-refractivity contribution < 1.29 is 0 Å². The fourth-order valence-electron chi connectivity index (χ4n) is 1.65. The zero-order chi connectivity index (χ0) is 12.4. The summed E-state index contributed by atoms with van der Waals surface area (Å²) in [5.74, 6) is 0. The van der Waals surface area contributed by atoms with E-state index in [4.69, 9.17) is 11.6 Å². The van der Waals surface area contributed by atoms with Crippen molar-refractivity contribution in [2.24, 2.45) is 0 Å². The van der Waals surface area contributed by atoms with Crippen LogP contribution in [-0.4, -0.2) is 9.78 Å². The molecule has 0 spiro atoms. The number of aryl methyl sites for hydroxylation is 1. The second-order valence-corrected chi connectivity index (χ2v) is 4.94. The van der Waals surface area contributed by atoms with E-state index in [-0.39, 0.29) is 5.56 Å². The van der Waals surface area contributed by atoms with E-state index in [1.54, 1.807) is 4.68 Å². The zero-order valence-corrected chi connectivity index (χ0v) is 11.7. The molecule has 0 fully saturated rings. The minimum absolute atomic E-state index is 0.0539. The summed E-state index contributed by atoms with van der Waals surface area (Å²) in [7, 11) is 0. The van der Waals surface area contributed by atoms with Gasteiger partial charge in [0.25, 0.3) is 5.56 Å². The first kappa shape index (κ1) is 12.5. The van der Waals surface area contributed by atoms with E-state index >= 15 is 0 Å². The summed E-state index contributed by atoms with van der Waals surface area (Å²) in [6.07, 6.45) is 0.783. The van der Waals surface area contributed by atoms with E-state index in [1.165, 1.54) is 0 Å². The Balaban J connectivity index is 2.37. The Labute approximate surface area is 113 Å². The molecule has 0 unspecified atom stereocenters. The standard InChI is InChI=1S/C12H12BrClN2O/c1-2-10-11(13)12(17)16(15-10)7-8-5-3-4-6-9(8)14/h3-6,15H,2,7H2,1H3. The molecule has 0 atom stereocenters. The van der Waals surface area contributed by atoms with Crippen molar-refractivity contribution in [2.75, 3.05) is 0 Å². The maximum absolute atomic E-state index is 11.9. The van der Waals surface area contributed by atoms with Crippen molar-refractivity contribution in [1.29, 1.82) is 0 Å². The molecule has 1 aromatic heterocycles. The van der Waals surface area contributed by atoms with Gasteiger partial charge in [0.1, 0.15) is 4.47 Å². The van der Waals surface area contributed by atoms with Gasteiger partial charge < -0.3 is 0 Å². The minimum Gasteiger partial charge on any atom is -0.298 e. The van der Waals surface area contributed by atoms with Crippen LogP contribution in [0.3, 0.4) is 0 Å². The minimum atomic E-state index is -0.0539. The van der Waals surface area contributed by atoms with Gasteiger partial charge >= 0.3 is 0 Å². The van der Waals surface area contributed by atoms with E-state index in [9.17, 15) is 4.79 Å². The van der Waals surface area contributed by atoms with E-state index in [1.807, 2.05) is 31.2 Å². The Morgan fingerprint density at radius 2 is 2.12 bits per heavy atom. The van der Waals surface area contributed by atoms with Gasteiger partial charge in [0.05, 0.1) is 12.2 Å². The van der Waals surface area contributed by atoms with Gasteiger partial charge in [-0.05, 0) is 34.0 Å². The number of benzene rings is 1. The quantitative estimate of drug-likeness (QED) is 0.928. The van der Waals surface area contributed by atoms with Crippen LogP contribution in [0.25, 0.3) is 0 Å². The lowest BCUT2D eigenvalue weighted by Crippen LogP contribution is -2.17. The van der Waals surface area contributed by atoms with Gasteiger partial charge in [-0.2, -0.15) is 0 Å². The Bertz CT molecular complexity index is 588. The molecule has 1 aromatic carbocycles. The van der Waals surface area contributed by atoms with E-state index in [0.717, 1.165) is 17.7 Å². The summed E-state index contributed by atoms with van der Waals surface area (Å²) in [5.41, 5.74) is 1.77. The number of rotatable bonds is 3. The van der Waals surface area contributed by atoms with Crippen LogP contribution in [0.4, 0.5) is 0 Å². The summed E-state index contributed by atoms with van der Waals surface area (Å²) >= 11 is 9.36. The summed E-state index contributed by atoms with van der Waals surface area (Å²) in [4.78, 5) is 11.9. The normalized spacial score (nSPS) is 10.8. The molecule has 2 aromatic rings. The van der Waals surface area contributed by atoms with Gasteiger partial charge in [0.2, 0.25) is 0 Å². The maximum Gasteiger partial charge on any atom is 0.281 e. The van der Waals surface area contributed by atoms with Crippen LogP contribution < -0.4 is 5.56 Å². The Hall–Kier alpha value is -1.00. The van der Waals surface area contributed by atoms with Gasteiger partial charge in [-0.1, -0.05) is 36.7 Å². The Morgan fingerprint density at radius 3 is 2.71 bits per heavy atom. The lowest BCUT2D eigenvalue weighted by atomic mass is 10.2. The fourth-order valence-corrected chi connectivity index (χ4v) is 2.43. The highest BCUT2D eigenvalue weighted by molar-refractivity contribution is 9.10. The molecule has 3 nitrogen and oxygen atoms in total. The van der Waals surface area contributed by atoms with Gasteiger partial charge in [-0.15, -0.1) is 0 Å². The third kappa shape index (κ3) is 2.48. The maximum atomic E-state index is 11.9. The Kier molecular flexibility index (Phi) is 3.74. The largest absolute Gasteiger partial charge is 0.298 e. The van der Waals surface area contributed by atoms with Crippen molar-refractivity contribution in [3.05, 3.63) is 55.4 Å². The van der Waals surface area contributed by atoms with Crippen LogP contribution in [0.1, 0.15) is 18.2 Å². The molecule has 1 N–H and O–H groups in total. The molecular formula is C12H12BrClN2O. The number of halogens is 2. The van der Waals surface area contributed by atoms with E-state index in [2.05, 4.69) is 21.0 Å². The van der Waals surface area contributed by atoms with Gasteiger partial charge in [0, 0.05) is 5.02 Å². The van der Waals surface area contributed by atoms with Crippen molar-refractivity contribution >= 4 is 27.5 Å². The first-order chi connectivity index (χ1) is 8.13. The second-order valence-electron chi connectivity index (χ2n) is 3.74. The summed E-state index contributed by atoms with van der Waals surface area (Å²) in [6, 6.07) is 7.51. The fraction of sp³-hybridized carbons (Fsp3) is 0.250. The number of hydrogen-bond donors (Lipinski definition) is 1.